The van der Waals surface area contributed by atoms with Crippen LogP contribution >= 0.6 is 0 Å². The predicted molar refractivity (Wildman–Crippen MR) is 39.7 cm³/mol. The zero-order valence-electron chi connectivity index (χ0n) is 6.79. The molecule has 2 N–H and O–H groups in total. The molecule has 0 amide bonds. The zero-order valence-corrected chi connectivity index (χ0v) is 6.79. The first kappa shape index (κ1) is 10.1. The zero-order chi connectivity index (χ0) is 8.85. The highest BCUT2D eigenvalue weighted by atomic mass is 16.6. The van der Waals surface area contributed by atoms with E-state index in [1.807, 2.05) is 0 Å². The summed E-state index contributed by atoms with van der Waals surface area (Å²) in [6.45, 7) is 3.37. The standard InChI is InChI=1S/C7H13NO3/c1-3-5(8)7(10)11-6(9)4-2/h5H,3-4,8H2,1-2H3. The van der Waals surface area contributed by atoms with Crippen LogP contribution in [0.2, 0.25) is 0 Å². The van der Waals surface area contributed by atoms with E-state index >= 15 is 0 Å². The molecule has 0 fully saturated rings. The average molecular weight is 159 g/mol. The molecule has 64 valence electrons. The van der Waals surface area contributed by atoms with Gasteiger partial charge in [-0.15, -0.1) is 0 Å². The molecule has 11 heavy (non-hydrogen) atoms. The van der Waals surface area contributed by atoms with E-state index in [2.05, 4.69) is 4.74 Å². The molecule has 0 aromatic rings. The van der Waals surface area contributed by atoms with Crippen molar-refractivity contribution in [3.8, 4) is 0 Å². The lowest BCUT2D eigenvalue weighted by molar-refractivity contribution is -0.160. The van der Waals surface area contributed by atoms with Gasteiger partial charge in [-0.1, -0.05) is 13.8 Å². The minimum Gasteiger partial charge on any atom is -0.392 e. The number of hydrogen-bond donors (Lipinski definition) is 1. The average Bonchev–Trinajstić information content (AvgIpc) is 2.02. The van der Waals surface area contributed by atoms with E-state index < -0.39 is 18.0 Å². The Bertz CT molecular complexity index is 156. The van der Waals surface area contributed by atoms with Crippen molar-refractivity contribution < 1.29 is 14.3 Å². The van der Waals surface area contributed by atoms with Crippen LogP contribution in [0.3, 0.4) is 0 Å². The maximum absolute atomic E-state index is 10.8. The second kappa shape index (κ2) is 4.85. The predicted octanol–water partition coefficient (Wildman–Crippen LogP) is 0.203. The SMILES string of the molecule is CCC(=O)OC(=O)C(N)CC. The Hall–Kier alpha value is -0.900. The molecule has 0 aliphatic rings. The third-order valence-electron chi connectivity index (χ3n) is 1.25. The summed E-state index contributed by atoms with van der Waals surface area (Å²) >= 11 is 0. The van der Waals surface area contributed by atoms with Crippen LogP contribution in [-0.4, -0.2) is 18.0 Å². The lowest BCUT2D eigenvalue weighted by Crippen LogP contribution is -2.32. The molecule has 0 aliphatic heterocycles. The van der Waals surface area contributed by atoms with Gasteiger partial charge in [-0.25, -0.2) is 4.79 Å². The maximum atomic E-state index is 10.8. The van der Waals surface area contributed by atoms with Gasteiger partial charge >= 0.3 is 11.9 Å². The molecule has 0 aromatic heterocycles. The molecule has 0 aromatic carbocycles. The van der Waals surface area contributed by atoms with Gasteiger partial charge in [-0.05, 0) is 6.42 Å². The summed E-state index contributed by atoms with van der Waals surface area (Å²) in [6, 6.07) is -0.675. The highest BCUT2D eigenvalue weighted by Crippen LogP contribution is 1.92. The summed E-state index contributed by atoms with van der Waals surface area (Å²) in [5, 5.41) is 0. The van der Waals surface area contributed by atoms with Gasteiger partial charge in [0, 0.05) is 6.42 Å². The smallest absolute Gasteiger partial charge is 0.330 e. The molecular formula is C7H13NO3. The van der Waals surface area contributed by atoms with E-state index in [0.29, 0.717) is 6.42 Å². The summed E-state index contributed by atoms with van der Waals surface area (Å²) in [4.78, 5) is 21.3. The summed E-state index contributed by atoms with van der Waals surface area (Å²) in [7, 11) is 0. The first-order valence-electron chi connectivity index (χ1n) is 3.61. The summed E-state index contributed by atoms with van der Waals surface area (Å²) in [5.74, 6) is -1.17. The molecule has 0 radical (unpaired) electrons. The highest BCUT2D eigenvalue weighted by molar-refractivity contribution is 5.88. The van der Waals surface area contributed by atoms with Gasteiger partial charge in [-0.2, -0.15) is 0 Å². The first-order chi connectivity index (χ1) is 5.11. The number of carbonyl (C=O) groups excluding carboxylic acids is 2. The van der Waals surface area contributed by atoms with Crippen molar-refractivity contribution in [2.45, 2.75) is 32.7 Å². The molecule has 0 rings (SSSR count). The van der Waals surface area contributed by atoms with Crippen molar-refractivity contribution in [3.05, 3.63) is 0 Å². The number of rotatable bonds is 3. The van der Waals surface area contributed by atoms with Crippen LogP contribution in [-0.2, 0) is 14.3 Å². The Morgan fingerprint density at radius 3 is 2.36 bits per heavy atom. The van der Waals surface area contributed by atoms with Gasteiger partial charge in [0.2, 0.25) is 0 Å². The fourth-order valence-electron chi connectivity index (χ4n) is 0.427. The number of carbonyl (C=O) groups is 2. The van der Waals surface area contributed by atoms with E-state index in [-0.39, 0.29) is 6.42 Å². The summed E-state index contributed by atoms with van der Waals surface area (Å²) in [5.41, 5.74) is 5.29. The normalized spacial score (nSPS) is 12.3. The first-order valence-corrected chi connectivity index (χ1v) is 3.61. The molecule has 0 heterocycles. The van der Waals surface area contributed by atoms with Crippen LogP contribution in [0, 0.1) is 0 Å². The van der Waals surface area contributed by atoms with Crippen LogP contribution < -0.4 is 5.73 Å². The van der Waals surface area contributed by atoms with E-state index in [0.717, 1.165) is 0 Å². The van der Waals surface area contributed by atoms with Gasteiger partial charge in [0.15, 0.2) is 0 Å². The quantitative estimate of drug-likeness (QED) is 0.472. The summed E-state index contributed by atoms with van der Waals surface area (Å²) in [6.07, 6.45) is 0.679. The van der Waals surface area contributed by atoms with Crippen molar-refractivity contribution in [2.24, 2.45) is 5.73 Å². The largest absolute Gasteiger partial charge is 0.392 e. The van der Waals surface area contributed by atoms with Gasteiger partial charge < -0.3 is 10.5 Å². The number of hydrogen-bond acceptors (Lipinski definition) is 4. The molecule has 0 aliphatic carbocycles. The minimum absolute atomic E-state index is 0.197. The molecular weight excluding hydrogens is 146 g/mol. The van der Waals surface area contributed by atoms with Gasteiger partial charge in [0.1, 0.15) is 6.04 Å². The highest BCUT2D eigenvalue weighted by Gasteiger charge is 2.15. The molecule has 0 spiro atoms. The van der Waals surface area contributed by atoms with Crippen molar-refractivity contribution in [1.82, 2.24) is 0 Å². The topological polar surface area (TPSA) is 69.4 Å². The van der Waals surface area contributed by atoms with Gasteiger partial charge in [0.25, 0.3) is 0 Å². The Morgan fingerprint density at radius 2 is 2.00 bits per heavy atom. The number of ether oxygens (including phenoxy) is 1. The van der Waals surface area contributed by atoms with Crippen LogP contribution in [0.25, 0.3) is 0 Å². The second-order valence-electron chi connectivity index (χ2n) is 2.16. The monoisotopic (exact) mass is 159 g/mol. The van der Waals surface area contributed by atoms with Crippen LogP contribution in [0.15, 0.2) is 0 Å². The molecule has 4 heteroatoms. The Morgan fingerprint density at radius 1 is 1.45 bits per heavy atom. The van der Waals surface area contributed by atoms with E-state index in [1.54, 1.807) is 13.8 Å². The third-order valence-corrected chi connectivity index (χ3v) is 1.25. The minimum atomic E-state index is -0.675. The van der Waals surface area contributed by atoms with Crippen LogP contribution in [0.5, 0.6) is 0 Å². The third kappa shape index (κ3) is 3.72. The van der Waals surface area contributed by atoms with E-state index in [9.17, 15) is 9.59 Å². The van der Waals surface area contributed by atoms with Gasteiger partial charge in [0.05, 0.1) is 0 Å². The number of esters is 2. The summed E-state index contributed by atoms with van der Waals surface area (Å²) < 4.78 is 4.35. The molecule has 1 unspecified atom stereocenters. The van der Waals surface area contributed by atoms with Crippen LogP contribution in [0.4, 0.5) is 0 Å². The molecule has 0 bridgehead atoms. The van der Waals surface area contributed by atoms with Gasteiger partial charge in [-0.3, -0.25) is 4.79 Å². The fourth-order valence-corrected chi connectivity index (χ4v) is 0.427. The van der Waals surface area contributed by atoms with Crippen molar-refractivity contribution in [1.29, 1.82) is 0 Å². The van der Waals surface area contributed by atoms with Crippen molar-refractivity contribution in [2.75, 3.05) is 0 Å². The molecule has 0 saturated heterocycles. The maximum Gasteiger partial charge on any atom is 0.330 e. The van der Waals surface area contributed by atoms with E-state index in [4.69, 9.17) is 5.73 Å². The van der Waals surface area contributed by atoms with E-state index in [1.165, 1.54) is 0 Å². The molecule has 4 nitrogen and oxygen atoms in total. The van der Waals surface area contributed by atoms with Crippen molar-refractivity contribution >= 4 is 11.9 Å². The fraction of sp³-hybridized carbons (Fsp3) is 0.714. The Balaban J connectivity index is 3.77. The van der Waals surface area contributed by atoms with Crippen LogP contribution in [0.1, 0.15) is 26.7 Å². The Labute approximate surface area is 65.7 Å². The lowest BCUT2D eigenvalue weighted by Gasteiger charge is -2.05. The Kier molecular flexibility index (Phi) is 4.45. The number of nitrogens with two attached hydrogens (primary N) is 1. The second-order valence-corrected chi connectivity index (χ2v) is 2.16. The van der Waals surface area contributed by atoms with Crippen molar-refractivity contribution in [3.63, 3.8) is 0 Å². The lowest BCUT2D eigenvalue weighted by atomic mass is 10.2. The molecule has 0 saturated carbocycles. The molecule has 1 atom stereocenters.